The fourth-order valence-corrected chi connectivity index (χ4v) is 1.78. The van der Waals surface area contributed by atoms with Crippen LogP contribution in [0.15, 0.2) is 24.8 Å². The third kappa shape index (κ3) is 4.33. The van der Waals surface area contributed by atoms with E-state index in [9.17, 15) is 0 Å². The molecule has 2 N–H and O–H groups in total. The highest BCUT2D eigenvalue weighted by molar-refractivity contribution is 5.85. The molecule has 4 nitrogen and oxygen atoms in total. The van der Waals surface area contributed by atoms with Gasteiger partial charge in [-0.1, -0.05) is 6.08 Å². The first-order chi connectivity index (χ1) is 8.67. The van der Waals surface area contributed by atoms with Gasteiger partial charge < -0.3 is 19.9 Å². The molecule has 1 aromatic rings. The minimum Gasteiger partial charge on any atom is -0.493 e. The molecule has 0 fully saturated rings. The largest absolute Gasteiger partial charge is 0.493 e. The van der Waals surface area contributed by atoms with E-state index in [0.29, 0.717) is 17.2 Å². The van der Waals surface area contributed by atoms with Gasteiger partial charge in [-0.25, -0.2) is 0 Å². The second-order valence-electron chi connectivity index (χ2n) is 3.93. The summed E-state index contributed by atoms with van der Waals surface area (Å²) in [6.45, 7) is 3.70. The molecule has 0 aliphatic heterocycles. The molecular formula is C14H22ClNO3. The summed E-state index contributed by atoms with van der Waals surface area (Å²) in [5.41, 5.74) is 7.08. The van der Waals surface area contributed by atoms with Crippen LogP contribution in [0.25, 0.3) is 0 Å². The van der Waals surface area contributed by atoms with Gasteiger partial charge in [0.25, 0.3) is 0 Å². The summed E-state index contributed by atoms with van der Waals surface area (Å²) >= 11 is 0. The number of benzene rings is 1. The van der Waals surface area contributed by atoms with Gasteiger partial charge in [0.2, 0.25) is 5.75 Å². The number of rotatable bonds is 7. The van der Waals surface area contributed by atoms with Crippen molar-refractivity contribution in [3.63, 3.8) is 0 Å². The van der Waals surface area contributed by atoms with Gasteiger partial charge in [0.15, 0.2) is 11.5 Å². The van der Waals surface area contributed by atoms with Gasteiger partial charge in [0.1, 0.15) is 0 Å². The number of halogens is 1. The quantitative estimate of drug-likeness (QED) is 0.783. The van der Waals surface area contributed by atoms with Crippen molar-refractivity contribution >= 4 is 12.4 Å². The Labute approximate surface area is 120 Å². The summed E-state index contributed by atoms with van der Waals surface area (Å²) in [6.07, 6.45) is 3.57. The van der Waals surface area contributed by atoms with Crippen LogP contribution in [0, 0.1) is 0 Å². The maximum atomic E-state index is 6.12. The molecule has 0 unspecified atom stereocenters. The lowest BCUT2D eigenvalue weighted by Crippen LogP contribution is -2.10. The number of methoxy groups -OCH3 is 3. The molecule has 0 heterocycles. The lowest BCUT2D eigenvalue weighted by molar-refractivity contribution is 0.323. The topological polar surface area (TPSA) is 53.7 Å². The maximum Gasteiger partial charge on any atom is 0.203 e. The zero-order valence-electron chi connectivity index (χ0n) is 11.6. The van der Waals surface area contributed by atoms with Crippen molar-refractivity contribution in [3.05, 3.63) is 30.4 Å². The van der Waals surface area contributed by atoms with E-state index < -0.39 is 0 Å². The molecule has 19 heavy (non-hydrogen) atoms. The summed E-state index contributed by atoms with van der Waals surface area (Å²) in [7, 11) is 4.77. The Morgan fingerprint density at radius 3 is 2.05 bits per heavy atom. The van der Waals surface area contributed by atoms with Gasteiger partial charge in [0, 0.05) is 6.04 Å². The van der Waals surface area contributed by atoms with Crippen LogP contribution in [0.2, 0.25) is 0 Å². The minimum absolute atomic E-state index is 0. The van der Waals surface area contributed by atoms with Crippen LogP contribution in [0.1, 0.15) is 24.4 Å². The Balaban J connectivity index is 0.00000324. The highest BCUT2D eigenvalue weighted by Crippen LogP contribution is 2.39. The average molecular weight is 288 g/mol. The Kier molecular flexibility index (Phi) is 8.03. The Morgan fingerprint density at radius 1 is 1.16 bits per heavy atom. The number of ether oxygens (including phenoxy) is 3. The van der Waals surface area contributed by atoms with Crippen molar-refractivity contribution in [2.24, 2.45) is 5.73 Å². The molecule has 0 aliphatic carbocycles. The smallest absolute Gasteiger partial charge is 0.203 e. The SMILES string of the molecule is C=CCC[C@H](N)c1cc(OC)c(OC)c(OC)c1.Cl. The van der Waals surface area contributed by atoms with Crippen LogP contribution in [0.5, 0.6) is 17.2 Å². The zero-order chi connectivity index (χ0) is 13.5. The van der Waals surface area contributed by atoms with E-state index in [4.69, 9.17) is 19.9 Å². The van der Waals surface area contributed by atoms with Crippen LogP contribution in [0.3, 0.4) is 0 Å². The van der Waals surface area contributed by atoms with Crippen molar-refractivity contribution in [3.8, 4) is 17.2 Å². The van der Waals surface area contributed by atoms with Crippen molar-refractivity contribution in [1.29, 1.82) is 0 Å². The molecular weight excluding hydrogens is 266 g/mol. The molecule has 0 radical (unpaired) electrons. The van der Waals surface area contributed by atoms with E-state index in [1.54, 1.807) is 21.3 Å². The summed E-state index contributed by atoms with van der Waals surface area (Å²) < 4.78 is 15.9. The Hall–Kier alpha value is -1.39. The predicted octanol–water partition coefficient (Wildman–Crippen LogP) is 3.10. The van der Waals surface area contributed by atoms with Crippen LogP contribution in [-0.4, -0.2) is 21.3 Å². The van der Waals surface area contributed by atoms with E-state index in [2.05, 4.69) is 6.58 Å². The monoisotopic (exact) mass is 287 g/mol. The van der Waals surface area contributed by atoms with E-state index in [1.807, 2.05) is 18.2 Å². The van der Waals surface area contributed by atoms with Crippen LogP contribution < -0.4 is 19.9 Å². The molecule has 1 rings (SSSR count). The highest BCUT2D eigenvalue weighted by Gasteiger charge is 2.16. The van der Waals surface area contributed by atoms with Gasteiger partial charge in [0.05, 0.1) is 21.3 Å². The van der Waals surface area contributed by atoms with Crippen LogP contribution in [-0.2, 0) is 0 Å². The van der Waals surface area contributed by atoms with Gasteiger partial charge in [-0.3, -0.25) is 0 Å². The first-order valence-electron chi connectivity index (χ1n) is 5.84. The number of hydrogen-bond acceptors (Lipinski definition) is 4. The molecule has 1 atom stereocenters. The van der Waals surface area contributed by atoms with Gasteiger partial charge in [-0.05, 0) is 30.5 Å². The molecule has 0 aromatic heterocycles. The Morgan fingerprint density at radius 2 is 1.68 bits per heavy atom. The summed E-state index contributed by atoms with van der Waals surface area (Å²) in [5, 5.41) is 0. The molecule has 0 aliphatic rings. The molecule has 0 bridgehead atoms. The third-order valence-corrected chi connectivity index (χ3v) is 2.80. The van der Waals surface area contributed by atoms with Gasteiger partial charge in [-0.15, -0.1) is 19.0 Å². The molecule has 108 valence electrons. The lowest BCUT2D eigenvalue weighted by atomic mass is 10.0. The number of hydrogen-bond donors (Lipinski definition) is 1. The summed E-state index contributed by atoms with van der Waals surface area (Å²) in [4.78, 5) is 0. The van der Waals surface area contributed by atoms with Gasteiger partial charge >= 0.3 is 0 Å². The molecule has 0 spiro atoms. The molecule has 1 aromatic carbocycles. The van der Waals surface area contributed by atoms with Crippen molar-refractivity contribution in [2.45, 2.75) is 18.9 Å². The minimum atomic E-state index is -0.0725. The van der Waals surface area contributed by atoms with Crippen molar-refractivity contribution in [2.75, 3.05) is 21.3 Å². The first-order valence-corrected chi connectivity index (χ1v) is 5.84. The molecule has 0 saturated heterocycles. The molecule has 0 saturated carbocycles. The third-order valence-electron chi connectivity index (χ3n) is 2.80. The average Bonchev–Trinajstić information content (AvgIpc) is 2.42. The van der Waals surface area contributed by atoms with E-state index in [1.165, 1.54) is 0 Å². The number of nitrogens with two attached hydrogens (primary N) is 1. The number of allylic oxidation sites excluding steroid dienone is 1. The molecule has 0 amide bonds. The predicted molar refractivity (Wildman–Crippen MR) is 79.7 cm³/mol. The fourth-order valence-electron chi connectivity index (χ4n) is 1.78. The van der Waals surface area contributed by atoms with E-state index >= 15 is 0 Å². The second kappa shape index (κ2) is 8.67. The summed E-state index contributed by atoms with van der Waals surface area (Å²) in [5.74, 6) is 1.83. The normalized spacial score (nSPS) is 11.2. The standard InChI is InChI=1S/C14H21NO3.ClH/c1-5-6-7-11(15)10-8-12(16-2)14(18-4)13(9-10)17-3;/h5,8-9,11H,1,6-7,15H2,2-4H3;1H/t11-;/m0./s1. The van der Waals surface area contributed by atoms with Crippen molar-refractivity contribution in [1.82, 2.24) is 0 Å². The maximum absolute atomic E-state index is 6.12. The zero-order valence-corrected chi connectivity index (χ0v) is 12.5. The van der Waals surface area contributed by atoms with Crippen molar-refractivity contribution < 1.29 is 14.2 Å². The van der Waals surface area contributed by atoms with E-state index in [0.717, 1.165) is 18.4 Å². The van der Waals surface area contributed by atoms with Gasteiger partial charge in [-0.2, -0.15) is 0 Å². The summed E-state index contributed by atoms with van der Waals surface area (Å²) in [6, 6.07) is 3.70. The highest BCUT2D eigenvalue weighted by atomic mass is 35.5. The van der Waals surface area contributed by atoms with E-state index in [-0.39, 0.29) is 18.4 Å². The van der Waals surface area contributed by atoms with Crippen LogP contribution in [0.4, 0.5) is 0 Å². The first kappa shape index (κ1) is 17.6. The Bertz CT molecular complexity index is 385. The lowest BCUT2D eigenvalue weighted by Gasteiger charge is -2.17. The second-order valence-corrected chi connectivity index (χ2v) is 3.93. The van der Waals surface area contributed by atoms with Crippen LogP contribution >= 0.6 is 12.4 Å². The molecule has 5 heteroatoms. The fraction of sp³-hybridized carbons (Fsp3) is 0.429.